The van der Waals surface area contributed by atoms with E-state index in [-0.39, 0.29) is 6.61 Å². The Kier molecular flexibility index (Phi) is 5.84. The standard InChI is InChI=1S/C22H20FNO3/c1-27-19-10-8-15-6-7-17(12-18(15)13-19)21(14-25)24-22(26)11-9-16-4-2-3-5-20(16)23/h2-13,21,25H,14H2,1H3,(H,24,26)/b11-9+. The van der Waals surface area contributed by atoms with Gasteiger partial charge in [-0.1, -0.05) is 36.4 Å². The van der Waals surface area contributed by atoms with E-state index in [9.17, 15) is 14.3 Å². The molecule has 0 aliphatic carbocycles. The second kappa shape index (κ2) is 8.47. The molecule has 0 aromatic heterocycles. The number of methoxy groups -OCH3 is 1. The highest BCUT2D eigenvalue weighted by molar-refractivity contribution is 5.92. The third-order valence-electron chi connectivity index (χ3n) is 4.29. The maximum absolute atomic E-state index is 13.6. The van der Waals surface area contributed by atoms with Gasteiger partial charge in [0.2, 0.25) is 5.91 Å². The van der Waals surface area contributed by atoms with Gasteiger partial charge in [-0.15, -0.1) is 0 Å². The van der Waals surface area contributed by atoms with Crippen LogP contribution in [0.25, 0.3) is 16.8 Å². The van der Waals surface area contributed by atoms with Crippen molar-refractivity contribution >= 4 is 22.8 Å². The topological polar surface area (TPSA) is 58.6 Å². The van der Waals surface area contributed by atoms with Crippen molar-refractivity contribution in [2.24, 2.45) is 0 Å². The zero-order valence-corrected chi connectivity index (χ0v) is 14.9. The largest absolute Gasteiger partial charge is 0.497 e. The number of rotatable bonds is 6. The Balaban J connectivity index is 1.77. The predicted molar refractivity (Wildman–Crippen MR) is 104 cm³/mol. The Bertz CT molecular complexity index is 984. The SMILES string of the molecule is COc1ccc2ccc(C(CO)NC(=O)/C=C/c3ccccc3F)cc2c1. The molecule has 4 nitrogen and oxygen atoms in total. The Hall–Kier alpha value is -3.18. The molecule has 138 valence electrons. The van der Waals surface area contributed by atoms with Gasteiger partial charge in [0.15, 0.2) is 0 Å². The quantitative estimate of drug-likeness (QED) is 0.653. The van der Waals surface area contributed by atoms with Gasteiger partial charge in [0.05, 0.1) is 19.8 Å². The van der Waals surface area contributed by atoms with Gasteiger partial charge in [0.25, 0.3) is 0 Å². The summed E-state index contributed by atoms with van der Waals surface area (Å²) in [5.74, 6) is -0.0798. The third-order valence-corrected chi connectivity index (χ3v) is 4.29. The minimum atomic E-state index is -0.571. The number of benzene rings is 3. The fourth-order valence-corrected chi connectivity index (χ4v) is 2.82. The number of fused-ring (bicyclic) bond motifs is 1. The summed E-state index contributed by atoms with van der Waals surface area (Å²) in [6.45, 7) is -0.255. The maximum atomic E-state index is 13.6. The fourth-order valence-electron chi connectivity index (χ4n) is 2.82. The van der Waals surface area contributed by atoms with Crippen molar-refractivity contribution in [3.63, 3.8) is 0 Å². The van der Waals surface area contributed by atoms with Crippen LogP contribution in [0.2, 0.25) is 0 Å². The molecule has 0 fully saturated rings. The molecule has 0 bridgehead atoms. The van der Waals surface area contributed by atoms with Crippen LogP contribution in [0.15, 0.2) is 66.7 Å². The number of aliphatic hydroxyl groups is 1. The number of hydrogen-bond acceptors (Lipinski definition) is 3. The first-order valence-electron chi connectivity index (χ1n) is 8.52. The second-order valence-corrected chi connectivity index (χ2v) is 6.07. The molecular formula is C22H20FNO3. The van der Waals surface area contributed by atoms with Crippen molar-refractivity contribution in [1.82, 2.24) is 5.32 Å². The lowest BCUT2D eigenvalue weighted by molar-refractivity contribution is -0.117. The van der Waals surface area contributed by atoms with Crippen molar-refractivity contribution in [1.29, 1.82) is 0 Å². The first-order chi connectivity index (χ1) is 13.1. The highest BCUT2D eigenvalue weighted by Gasteiger charge is 2.13. The monoisotopic (exact) mass is 365 g/mol. The summed E-state index contributed by atoms with van der Waals surface area (Å²) < 4.78 is 18.8. The van der Waals surface area contributed by atoms with Gasteiger partial charge in [-0.3, -0.25) is 4.79 Å². The van der Waals surface area contributed by atoms with Gasteiger partial charge >= 0.3 is 0 Å². The minimum absolute atomic E-state index is 0.255. The number of amides is 1. The third kappa shape index (κ3) is 4.51. The number of halogens is 1. The Morgan fingerprint density at radius 3 is 2.67 bits per heavy atom. The van der Waals surface area contributed by atoms with E-state index in [1.807, 2.05) is 36.4 Å². The first kappa shape index (κ1) is 18.6. The van der Waals surface area contributed by atoms with Crippen LogP contribution in [0.5, 0.6) is 5.75 Å². The number of carbonyl (C=O) groups excluding carboxylic acids is 1. The van der Waals surface area contributed by atoms with Gasteiger partial charge in [0, 0.05) is 11.6 Å². The number of nitrogens with one attached hydrogen (secondary N) is 1. The summed E-state index contributed by atoms with van der Waals surface area (Å²) in [4.78, 5) is 12.2. The van der Waals surface area contributed by atoms with E-state index in [0.717, 1.165) is 22.1 Å². The molecule has 0 aliphatic heterocycles. The van der Waals surface area contributed by atoms with Crippen LogP contribution >= 0.6 is 0 Å². The molecule has 1 amide bonds. The molecule has 0 heterocycles. The number of hydrogen-bond donors (Lipinski definition) is 2. The average Bonchev–Trinajstić information content (AvgIpc) is 2.70. The molecule has 0 aliphatic rings. The molecule has 2 N–H and O–H groups in total. The summed E-state index contributed by atoms with van der Waals surface area (Å²) in [5.41, 5.74) is 1.09. The van der Waals surface area contributed by atoms with Crippen molar-refractivity contribution in [3.05, 3.63) is 83.7 Å². The maximum Gasteiger partial charge on any atom is 0.244 e. The van der Waals surface area contributed by atoms with Gasteiger partial charge in [-0.25, -0.2) is 4.39 Å². The number of carbonyl (C=O) groups is 1. The molecule has 27 heavy (non-hydrogen) atoms. The van der Waals surface area contributed by atoms with E-state index in [1.165, 1.54) is 18.2 Å². The van der Waals surface area contributed by atoms with Crippen LogP contribution in [0, 0.1) is 5.82 Å². The molecule has 0 radical (unpaired) electrons. The van der Waals surface area contributed by atoms with E-state index < -0.39 is 17.8 Å². The average molecular weight is 365 g/mol. The van der Waals surface area contributed by atoms with Crippen molar-refractivity contribution < 1.29 is 19.0 Å². The molecule has 0 spiro atoms. The van der Waals surface area contributed by atoms with E-state index in [0.29, 0.717) is 5.56 Å². The van der Waals surface area contributed by atoms with E-state index >= 15 is 0 Å². The summed E-state index contributed by atoms with van der Waals surface area (Å²) in [6, 6.07) is 17.0. The number of ether oxygens (including phenoxy) is 1. The van der Waals surface area contributed by atoms with Gasteiger partial charge < -0.3 is 15.2 Å². The summed E-state index contributed by atoms with van der Waals surface area (Å²) in [7, 11) is 1.60. The normalized spacial score (nSPS) is 12.3. The molecule has 3 aromatic rings. The predicted octanol–water partition coefficient (Wildman–Crippen LogP) is 3.85. The minimum Gasteiger partial charge on any atom is -0.497 e. The lowest BCUT2D eigenvalue weighted by atomic mass is 10.0. The molecule has 5 heteroatoms. The Morgan fingerprint density at radius 2 is 1.93 bits per heavy atom. The molecule has 1 atom stereocenters. The number of aliphatic hydroxyl groups excluding tert-OH is 1. The van der Waals surface area contributed by atoms with Gasteiger partial charge in [-0.05, 0) is 46.7 Å². The molecule has 0 saturated heterocycles. The first-order valence-corrected chi connectivity index (χ1v) is 8.52. The van der Waals surface area contributed by atoms with Crippen molar-refractivity contribution in [2.45, 2.75) is 6.04 Å². The zero-order valence-electron chi connectivity index (χ0n) is 14.9. The summed E-state index contributed by atoms with van der Waals surface area (Å²) >= 11 is 0. The molecule has 0 saturated carbocycles. The van der Waals surface area contributed by atoms with Crippen LogP contribution in [0.4, 0.5) is 4.39 Å². The molecule has 1 unspecified atom stereocenters. The summed E-state index contributed by atoms with van der Waals surface area (Å²) in [5, 5.41) is 14.4. The molecule has 3 rings (SSSR count). The highest BCUT2D eigenvalue weighted by Crippen LogP contribution is 2.24. The zero-order chi connectivity index (χ0) is 19.2. The van der Waals surface area contributed by atoms with Crippen LogP contribution in [0.1, 0.15) is 17.2 Å². The molecule has 3 aromatic carbocycles. The van der Waals surface area contributed by atoms with Crippen LogP contribution in [0.3, 0.4) is 0 Å². The summed E-state index contributed by atoms with van der Waals surface area (Å²) in [6.07, 6.45) is 2.66. The van der Waals surface area contributed by atoms with Crippen LogP contribution < -0.4 is 10.1 Å². The van der Waals surface area contributed by atoms with Crippen LogP contribution in [-0.4, -0.2) is 24.7 Å². The lowest BCUT2D eigenvalue weighted by Crippen LogP contribution is -2.29. The Morgan fingerprint density at radius 1 is 1.15 bits per heavy atom. The van der Waals surface area contributed by atoms with Gasteiger partial charge in [0.1, 0.15) is 11.6 Å². The van der Waals surface area contributed by atoms with E-state index in [4.69, 9.17) is 4.74 Å². The Labute approximate surface area is 156 Å². The van der Waals surface area contributed by atoms with E-state index in [1.54, 1.807) is 25.3 Å². The highest BCUT2D eigenvalue weighted by atomic mass is 19.1. The molecular weight excluding hydrogens is 345 g/mol. The van der Waals surface area contributed by atoms with Crippen LogP contribution in [-0.2, 0) is 4.79 Å². The smallest absolute Gasteiger partial charge is 0.244 e. The van der Waals surface area contributed by atoms with Gasteiger partial charge in [-0.2, -0.15) is 0 Å². The second-order valence-electron chi connectivity index (χ2n) is 6.07. The van der Waals surface area contributed by atoms with Crippen molar-refractivity contribution in [3.8, 4) is 5.75 Å². The van der Waals surface area contributed by atoms with E-state index in [2.05, 4.69) is 5.32 Å². The lowest BCUT2D eigenvalue weighted by Gasteiger charge is -2.16. The fraction of sp³-hybridized carbons (Fsp3) is 0.136. The van der Waals surface area contributed by atoms with Crippen molar-refractivity contribution in [2.75, 3.05) is 13.7 Å².